The summed E-state index contributed by atoms with van der Waals surface area (Å²) in [7, 11) is 0. The zero-order valence-electron chi connectivity index (χ0n) is 10.8. The van der Waals surface area contributed by atoms with Crippen LogP contribution in [0.5, 0.6) is 5.75 Å². The molecular weight excluding hydrogens is 260 g/mol. The molecule has 0 saturated heterocycles. The summed E-state index contributed by atoms with van der Waals surface area (Å²) in [6.45, 7) is 2.49. The normalized spacial score (nSPS) is 12.2. The van der Waals surface area contributed by atoms with Crippen LogP contribution in [0.1, 0.15) is 17.0 Å². The fourth-order valence-electron chi connectivity index (χ4n) is 1.93. The Bertz CT molecular complexity index is 540. The number of rotatable bonds is 5. The molecule has 2 rings (SSSR count). The van der Waals surface area contributed by atoms with Gasteiger partial charge in [-0.1, -0.05) is 53.6 Å². The predicted octanol–water partition coefficient (Wildman–Crippen LogP) is 3.80. The van der Waals surface area contributed by atoms with Crippen LogP contribution in [0, 0.1) is 6.92 Å². The van der Waals surface area contributed by atoms with Gasteiger partial charge in [-0.3, -0.25) is 0 Å². The van der Waals surface area contributed by atoms with E-state index in [4.69, 9.17) is 16.3 Å². The zero-order valence-corrected chi connectivity index (χ0v) is 11.6. The second-order valence-electron chi connectivity index (χ2n) is 4.54. The molecule has 1 N–H and O–H groups in total. The Balaban J connectivity index is 2.06. The van der Waals surface area contributed by atoms with Gasteiger partial charge >= 0.3 is 0 Å². The molecule has 0 aliphatic carbocycles. The van der Waals surface area contributed by atoms with Crippen molar-refractivity contribution in [2.75, 3.05) is 13.2 Å². The molecule has 2 aromatic carbocycles. The van der Waals surface area contributed by atoms with E-state index in [2.05, 4.69) is 6.07 Å². The highest BCUT2D eigenvalue weighted by Crippen LogP contribution is 2.25. The van der Waals surface area contributed by atoms with Crippen LogP contribution in [0.2, 0.25) is 5.02 Å². The quantitative estimate of drug-likeness (QED) is 0.900. The molecule has 0 saturated carbocycles. The van der Waals surface area contributed by atoms with Crippen molar-refractivity contribution < 1.29 is 9.84 Å². The molecule has 0 aromatic heterocycles. The van der Waals surface area contributed by atoms with Crippen molar-refractivity contribution >= 4 is 11.6 Å². The number of aliphatic hydroxyl groups excluding tert-OH is 1. The lowest BCUT2D eigenvalue weighted by Gasteiger charge is -2.16. The summed E-state index contributed by atoms with van der Waals surface area (Å²) in [5, 5.41) is 10.1. The Morgan fingerprint density at radius 3 is 2.63 bits per heavy atom. The van der Waals surface area contributed by atoms with Gasteiger partial charge in [-0.15, -0.1) is 0 Å². The molecule has 0 fully saturated rings. The molecule has 19 heavy (non-hydrogen) atoms. The number of aryl methyl sites for hydroxylation is 1. The van der Waals surface area contributed by atoms with Gasteiger partial charge < -0.3 is 9.84 Å². The summed E-state index contributed by atoms with van der Waals surface area (Å²) in [6, 6.07) is 15.4. The largest absolute Gasteiger partial charge is 0.491 e. The van der Waals surface area contributed by atoms with Crippen LogP contribution in [0.15, 0.2) is 48.5 Å². The average Bonchev–Trinajstić information content (AvgIpc) is 2.41. The van der Waals surface area contributed by atoms with Gasteiger partial charge in [0.15, 0.2) is 0 Å². The van der Waals surface area contributed by atoms with E-state index in [-0.39, 0.29) is 12.5 Å². The smallest absolute Gasteiger partial charge is 0.137 e. The minimum Gasteiger partial charge on any atom is -0.491 e. The average molecular weight is 277 g/mol. The molecular formula is C16H17ClO2. The molecule has 0 aliphatic rings. The molecule has 2 aromatic rings. The number of para-hydroxylation sites is 1. The van der Waals surface area contributed by atoms with Crippen molar-refractivity contribution in [2.45, 2.75) is 12.8 Å². The van der Waals surface area contributed by atoms with Crippen LogP contribution < -0.4 is 4.74 Å². The van der Waals surface area contributed by atoms with E-state index in [9.17, 15) is 5.11 Å². The molecule has 0 bridgehead atoms. The lowest BCUT2D eigenvalue weighted by molar-refractivity contribution is 0.205. The van der Waals surface area contributed by atoms with Gasteiger partial charge in [0.25, 0.3) is 0 Å². The van der Waals surface area contributed by atoms with Crippen molar-refractivity contribution in [3.05, 3.63) is 64.7 Å². The van der Waals surface area contributed by atoms with E-state index >= 15 is 0 Å². The SMILES string of the molecule is Cc1cccc(C(CO)COc2ccccc2Cl)c1. The Morgan fingerprint density at radius 1 is 1.16 bits per heavy atom. The van der Waals surface area contributed by atoms with Gasteiger partial charge in [-0.25, -0.2) is 0 Å². The minimum absolute atomic E-state index is 0.0452. The van der Waals surface area contributed by atoms with Crippen LogP contribution in [0.3, 0.4) is 0 Å². The van der Waals surface area contributed by atoms with Gasteiger partial charge in [0, 0.05) is 5.92 Å². The highest BCUT2D eigenvalue weighted by molar-refractivity contribution is 6.32. The summed E-state index contributed by atoms with van der Waals surface area (Å²) in [5.41, 5.74) is 2.25. The van der Waals surface area contributed by atoms with Crippen molar-refractivity contribution in [3.63, 3.8) is 0 Å². The summed E-state index contributed by atoms with van der Waals surface area (Å²) in [6.07, 6.45) is 0. The van der Waals surface area contributed by atoms with Crippen molar-refractivity contribution in [3.8, 4) is 5.75 Å². The Morgan fingerprint density at radius 2 is 1.95 bits per heavy atom. The first-order valence-corrected chi connectivity index (χ1v) is 6.63. The third-order valence-corrected chi connectivity index (χ3v) is 3.32. The minimum atomic E-state index is -0.0452. The summed E-state index contributed by atoms with van der Waals surface area (Å²) in [5.74, 6) is 0.603. The molecule has 0 radical (unpaired) electrons. The topological polar surface area (TPSA) is 29.5 Å². The summed E-state index contributed by atoms with van der Waals surface area (Å²) in [4.78, 5) is 0. The van der Waals surface area contributed by atoms with Gasteiger partial charge in [0.1, 0.15) is 5.75 Å². The van der Waals surface area contributed by atoms with E-state index in [0.29, 0.717) is 17.4 Å². The Labute approximate surface area is 118 Å². The maximum absolute atomic E-state index is 9.50. The number of aliphatic hydroxyl groups is 1. The second-order valence-corrected chi connectivity index (χ2v) is 4.94. The highest BCUT2D eigenvalue weighted by Gasteiger charge is 2.12. The molecule has 0 heterocycles. The van der Waals surface area contributed by atoms with Gasteiger partial charge in [-0.05, 0) is 24.6 Å². The summed E-state index contributed by atoms with van der Waals surface area (Å²) >= 11 is 6.03. The van der Waals surface area contributed by atoms with E-state index < -0.39 is 0 Å². The molecule has 3 heteroatoms. The number of benzene rings is 2. The lowest BCUT2D eigenvalue weighted by Crippen LogP contribution is -2.14. The van der Waals surface area contributed by atoms with Crippen molar-refractivity contribution in [2.24, 2.45) is 0 Å². The Kier molecular flexibility index (Phi) is 4.83. The van der Waals surface area contributed by atoms with E-state index in [1.165, 1.54) is 5.56 Å². The van der Waals surface area contributed by atoms with E-state index in [0.717, 1.165) is 5.56 Å². The van der Waals surface area contributed by atoms with Gasteiger partial charge in [0.05, 0.1) is 18.2 Å². The molecule has 1 unspecified atom stereocenters. The second kappa shape index (κ2) is 6.60. The predicted molar refractivity (Wildman–Crippen MR) is 78.0 cm³/mol. The first-order valence-electron chi connectivity index (χ1n) is 6.25. The Hall–Kier alpha value is -1.51. The summed E-state index contributed by atoms with van der Waals surface area (Å²) < 4.78 is 5.69. The number of halogens is 1. The van der Waals surface area contributed by atoms with E-state index in [1.807, 2.05) is 43.3 Å². The molecule has 1 atom stereocenters. The lowest BCUT2D eigenvalue weighted by atomic mass is 9.99. The first-order chi connectivity index (χ1) is 9.20. The van der Waals surface area contributed by atoms with Crippen LogP contribution in [-0.4, -0.2) is 18.3 Å². The number of ether oxygens (including phenoxy) is 1. The maximum Gasteiger partial charge on any atom is 0.137 e. The third kappa shape index (κ3) is 3.72. The van der Waals surface area contributed by atoms with E-state index in [1.54, 1.807) is 6.07 Å². The highest BCUT2D eigenvalue weighted by atomic mass is 35.5. The van der Waals surface area contributed by atoms with Crippen LogP contribution in [0.25, 0.3) is 0 Å². The molecule has 0 spiro atoms. The molecule has 100 valence electrons. The van der Waals surface area contributed by atoms with Gasteiger partial charge in [0.2, 0.25) is 0 Å². The van der Waals surface area contributed by atoms with Crippen molar-refractivity contribution in [1.82, 2.24) is 0 Å². The number of hydrogen-bond acceptors (Lipinski definition) is 2. The first kappa shape index (κ1) is 13.9. The van der Waals surface area contributed by atoms with Gasteiger partial charge in [-0.2, -0.15) is 0 Å². The number of hydrogen-bond donors (Lipinski definition) is 1. The molecule has 2 nitrogen and oxygen atoms in total. The fraction of sp³-hybridized carbons (Fsp3) is 0.250. The van der Waals surface area contributed by atoms with Crippen molar-refractivity contribution in [1.29, 1.82) is 0 Å². The van der Waals surface area contributed by atoms with Crippen LogP contribution in [-0.2, 0) is 0 Å². The standard InChI is InChI=1S/C16H17ClO2/c1-12-5-4-6-13(9-12)14(10-18)11-19-16-8-3-2-7-15(16)17/h2-9,14,18H,10-11H2,1H3. The monoisotopic (exact) mass is 276 g/mol. The third-order valence-electron chi connectivity index (χ3n) is 3.01. The molecule has 0 amide bonds. The molecule has 0 aliphatic heterocycles. The van der Waals surface area contributed by atoms with Crippen LogP contribution in [0.4, 0.5) is 0 Å². The fourth-order valence-corrected chi connectivity index (χ4v) is 2.12. The van der Waals surface area contributed by atoms with Crippen LogP contribution >= 0.6 is 11.6 Å². The zero-order chi connectivity index (χ0) is 13.7. The maximum atomic E-state index is 9.50.